The number of rotatable bonds is 5. The van der Waals surface area contributed by atoms with Crippen LogP contribution in [0.15, 0.2) is 49.1 Å². The van der Waals surface area contributed by atoms with Crippen molar-refractivity contribution in [2.24, 2.45) is 17.8 Å². The molecule has 0 heterocycles. The molecule has 0 aromatic heterocycles. The van der Waals surface area contributed by atoms with Gasteiger partial charge in [0.1, 0.15) is 5.82 Å². The average Bonchev–Trinajstić information content (AvgIpc) is 2.90. The molecule has 5 rings (SSSR count). The maximum absolute atomic E-state index is 15.2. The minimum absolute atomic E-state index is 0.00355. The van der Waals surface area contributed by atoms with Gasteiger partial charge in [0.25, 0.3) is 0 Å². The zero-order chi connectivity index (χ0) is 24.4. The van der Waals surface area contributed by atoms with Crippen molar-refractivity contribution in [3.8, 4) is 0 Å². The Labute approximate surface area is 209 Å². The number of hydrogen-bond donors (Lipinski definition) is 0. The number of allylic oxidation sites excluding steroid dienone is 1. The maximum atomic E-state index is 15.2. The van der Waals surface area contributed by atoms with Gasteiger partial charge in [-0.3, -0.25) is 0 Å². The standard InChI is InChI=1S/C32H39F3/c1-2-21-3-5-24(6-4-21)27-15-17-29(31(34)19-27)26-13-11-23(12-14-26)22-7-9-25(10-8-22)28-16-18-30(33)32(35)20-28/h2,15-26H,1,3-14H2. The summed E-state index contributed by atoms with van der Waals surface area (Å²) in [5.41, 5.74) is 3.05. The summed E-state index contributed by atoms with van der Waals surface area (Å²) in [7, 11) is 0. The fourth-order valence-corrected chi connectivity index (χ4v) is 7.41. The second kappa shape index (κ2) is 10.9. The highest BCUT2D eigenvalue weighted by molar-refractivity contribution is 5.30. The van der Waals surface area contributed by atoms with E-state index in [1.165, 1.54) is 43.4 Å². The summed E-state index contributed by atoms with van der Waals surface area (Å²) in [5, 5.41) is 0. The van der Waals surface area contributed by atoms with Crippen LogP contribution >= 0.6 is 0 Å². The molecule has 0 amide bonds. The van der Waals surface area contributed by atoms with Crippen LogP contribution in [-0.2, 0) is 0 Å². The third-order valence-electron chi connectivity index (χ3n) is 9.67. The fourth-order valence-electron chi connectivity index (χ4n) is 7.41. The Hall–Kier alpha value is -2.03. The van der Waals surface area contributed by atoms with Gasteiger partial charge in [-0.2, -0.15) is 0 Å². The van der Waals surface area contributed by atoms with Gasteiger partial charge >= 0.3 is 0 Å². The summed E-state index contributed by atoms with van der Waals surface area (Å²) >= 11 is 0. The van der Waals surface area contributed by atoms with Crippen molar-refractivity contribution in [1.29, 1.82) is 0 Å². The van der Waals surface area contributed by atoms with E-state index >= 15 is 4.39 Å². The smallest absolute Gasteiger partial charge is 0.159 e. The van der Waals surface area contributed by atoms with Gasteiger partial charge in [0, 0.05) is 0 Å². The molecule has 0 N–H and O–H groups in total. The third-order valence-corrected chi connectivity index (χ3v) is 9.67. The number of benzene rings is 2. The molecule has 3 fully saturated rings. The molecular formula is C32H39F3. The highest BCUT2D eigenvalue weighted by Gasteiger charge is 2.33. The van der Waals surface area contributed by atoms with Crippen molar-refractivity contribution in [3.63, 3.8) is 0 Å². The lowest BCUT2D eigenvalue weighted by molar-refractivity contribution is 0.176. The molecule has 3 saturated carbocycles. The van der Waals surface area contributed by atoms with E-state index in [4.69, 9.17) is 0 Å². The van der Waals surface area contributed by atoms with E-state index in [1.807, 2.05) is 6.07 Å². The van der Waals surface area contributed by atoms with Gasteiger partial charge in [-0.05, 0) is 147 Å². The zero-order valence-corrected chi connectivity index (χ0v) is 20.8. The van der Waals surface area contributed by atoms with Crippen LogP contribution < -0.4 is 0 Å². The van der Waals surface area contributed by atoms with E-state index in [0.29, 0.717) is 23.7 Å². The molecule has 188 valence electrons. The van der Waals surface area contributed by atoms with Crippen LogP contribution in [0, 0.1) is 35.2 Å². The molecule has 0 bridgehead atoms. The van der Waals surface area contributed by atoms with Crippen LogP contribution in [0.1, 0.15) is 111 Å². The van der Waals surface area contributed by atoms with Gasteiger partial charge in [0.2, 0.25) is 0 Å². The number of hydrogen-bond acceptors (Lipinski definition) is 0. The molecular weight excluding hydrogens is 441 g/mol. The molecule has 3 aliphatic rings. The van der Waals surface area contributed by atoms with Crippen LogP contribution in [0.5, 0.6) is 0 Å². The van der Waals surface area contributed by atoms with Crippen LogP contribution in [0.4, 0.5) is 13.2 Å². The lowest BCUT2D eigenvalue weighted by Gasteiger charge is -2.38. The lowest BCUT2D eigenvalue weighted by atomic mass is 9.67. The van der Waals surface area contributed by atoms with Crippen molar-refractivity contribution in [1.82, 2.24) is 0 Å². The predicted octanol–water partition coefficient (Wildman–Crippen LogP) is 9.81. The molecule has 0 aliphatic heterocycles. The van der Waals surface area contributed by atoms with Crippen molar-refractivity contribution >= 4 is 0 Å². The molecule has 0 unspecified atom stereocenters. The lowest BCUT2D eigenvalue weighted by Crippen LogP contribution is -2.25. The Bertz CT molecular complexity index is 1000. The van der Waals surface area contributed by atoms with Crippen LogP contribution in [-0.4, -0.2) is 0 Å². The minimum Gasteiger partial charge on any atom is -0.207 e. The topological polar surface area (TPSA) is 0 Å². The molecule has 0 spiro atoms. The summed E-state index contributed by atoms with van der Waals surface area (Å²) in [4.78, 5) is 0. The van der Waals surface area contributed by atoms with Gasteiger partial charge in [0.15, 0.2) is 11.6 Å². The molecule has 0 nitrogen and oxygen atoms in total. The monoisotopic (exact) mass is 480 g/mol. The van der Waals surface area contributed by atoms with Gasteiger partial charge < -0.3 is 0 Å². The zero-order valence-electron chi connectivity index (χ0n) is 20.8. The molecule has 0 radical (unpaired) electrons. The van der Waals surface area contributed by atoms with Gasteiger partial charge in [0.05, 0.1) is 0 Å². The summed E-state index contributed by atoms with van der Waals surface area (Å²) < 4.78 is 42.1. The predicted molar refractivity (Wildman–Crippen MR) is 137 cm³/mol. The van der Waals surface area contributed by atoms with E-state index in [2.05, 4.69) is 24.8 Å². The van der Waals surface area contributed by atoms with E-state index in [9.17, 15) is 8.78 Å². The molecule has 0 saturated heterocycles. The van der Waals surface area contributed by atoms with Crippen molar-refractivity contribution in [2.45, 2.75) is 94.8 Å². The normalized spacial score (nSPS) is 31.7. The second-order valence-electron chi connectivity index (χ2n) is 11.5. The van der Waals surface area contributed by atoms with Crippen LogP contribution in [0.2, 0.25) is 0 Å². The number of halogens is 3. The maximum Gasteiger partial charge on any atom is 0.159 e. The first-order chi connectivity index (χ1) is 17.0. The minimum atomic E-state index is -0.763. The first kappa shape index (κ1) is 24.7. The van der Waals surface area contributed by atoms with Crippen molar-refractivity contribution in [2.75, 3.05) is 0 Å². The van der Waals surface area contributed by atoms with E-state index in [1.54, 1.807) is 6.07 Å². The first-order valence-corrected chi connectivity index (χ1v) is 13.9. The highest BCUT2D eigenvalue weighted by Crippen LogP contribution is 2.46. The average molecular weight is 481 g/mol. The summed E-state index contributed by atoms with van der Waals surface area (Å²) in [6.07, 6.45) is 15.6. The summed E-state index contributed by atoms with van der Waals surface area (Å²) in [6.45, 7) is 3.93. The van der Waals surface area contributed by atoms with Crippen molar-refractivity contribution < 1.29 is 13.2 Å². The van der Waals surface area contributed by atoms with E-state index in [0.717, 1.165) is 74.3 Å². The van der Waals surface area contributed by atoms with Gasteiger partial charge in [-0.25, -0.2) is 13.2 Å². The Morgan fingerprint density at radius 2 is 1.03 bits per heavy atom. The summed E-state index contributed by atoms with van der Waals surface area (Å²) in [5.74, 6) is 1.76. The Balaban J connectivity index is 1.12. The molecule has 0 atom stereocenters. The highest BCUT2D eigenvalue weighted by atomic mass is 19.2. The first-order valence-electron chi connectivity index (χ1n) is 13.9. The SMILES string of the molecule is C=CC1CCC(c2ccc(C3CCC(C4CCC(c5ccc(F)c(F)c5)CC4)CC3)c(F)c2)CC1. The summed E-state index contributed by atoms with van der Waals surface area (Å²) in [6, 6.07) is 10.5. The molecule has 35 heavy (non-hydrogen) atoms. The van der Waals surface area contributed by atoms with Gasteiger partial charge in [-0.1, -0.05) is 24.3 Å². The fraction of sp³-hybridized carbons (Fsp3) is 0.562. The van der Waals surface area contributed by atoms with Crippen molar-refractivity contribution in [3.05, 3.63) is 83.2 Å². The third kappa shape index (κ3) is 5.54. The Morgan fingerprint density at radius 1 is 0.543 bits per heavy atom. The van der Waals surface area contributed by atoms with E-state index in [-0.39, 0.29) is 5.82 Å². The van der Waals surface area contributed by atoms with Gasteiger partial charge in [-0.15, -0.1) is 6.58 Å². The van der Waals surface area contributed by atoms with Crippen LogP contribution in [0.3, 0.4) is 0 Å². The molecule has 3 heteroatoms. The Morgan fingerprint density at radius 3 is 1.54 bits per heavy atom. The quantitative estimate of drug-likeness (QED) is 0.374. The largest absolute Gasteiger partial charge is 0.207 e. The Kier molecular flexibility index (Phi) is 7.70. The van der Waals surface area contributed by atoms with Crippen LogP contribution in [0.25, 0.3) is 0 Å². The molecule has 2 aromatic carbocycles. The second-order valence-corrected chi connectivity index (χ2v) is 11.5. The molecule has 3 aliphatic carbocycles. The molecule has 2 aromatic rings. The van der Waals surface area contributed by atoms with E-state index < -0.39 is 11.6 Å².